The largest absolute Gasteiger partial charge is 0.462 e. The van der Waals surface area contributed by atoms with Crippen LogP contribution in [0.1, 0.15) is 265 Å². The van der Waals surface area contributed by atoms with Gasteiger partial charge in [-0.3, -0.25) is 14.4 Å². The van der Waals surface area contributed by atoms with Crippen molar-refractivity contribution >= 4 is 17.9 Å². The number of rotatable bonds is 54. The molecule has 0 aromatic carbocycles. The first-order chi connectivity index (χ1) is 37.0. The highest BCUT2D eigenvalue weighted by Gasteiger charge is 2.19. The molecular weight excluding hydrogens is 925 g/mol. The van der Waals surface area contributed by atoms with Crippen molar-refractivity contribution in [3.05, 3.63) is 134 Å². The van der Waals surface area contributed by atoms with Gasteiger partial charge in [-0.1, -0.05) is 264 Å². The van der Waals surface area contributed by atoms with Crippen LogP contribution in [0.5, 0.6) is 0 Å². The first-order valence-corrected chi connectivity index (χ1v) is 30.7. The maximum Gasteiger partial charge on any atom is 0.306 e. The number of hydrogen-bond donors (Lipinski definition) is 0. The number of hydrogen-bond acceptors (Lipinski definition) is 6. The van der Waals surface area contributed by atoms with Crippen molar-refractivity contribution in [3.8, 4) is 0 Å². The van der Waals surface area contributed by atoms with Gasteiger partial charge in [0.1, 0.15) is 13.2 Å². The molecule has 0 fully saturated rings. The maximum absolute atomic E-state index is 12.9. The van der Waals surface area contributed by atoms with E-state index in [0.29, 0.717) is 19.3 Å². The Morgan fingerprint density at radius 2 is 0.520 bits per heavy atom. The van der Waals surface area contributed by atoms with E-state index in [1.54, 1.807) is 0 Å². The number of carbonyl (C=O) groups excluding carboxylic acids is 3. The van der Waals surface area contributed by atoms with Gasteiger partial charge in [0.2, 0.25) is 0 Å². The van der Waals surface area contributed by atoms with Crippen LogP contribution in [-0.4, -0.2) is 37.2 Å². The molecule has 6 nitrogen and oxygen atoms in total. The van der Waals surface area contributed by atoms with Crippen LogP contribution in [0.4, 0.5) is 0 Å². The first-order valence-electron chi connectivity index (χ1n) is 30.7. The molecule has 0 bridgehead atoms. The lowest BCUT2D eigenvalue weighted by Gasteiger charge is -2.18. The van der Waals surface area contributed by atoms with E-state index in [0.717, 1.165) is 128 Å². The average molecular weight is 1040 g/mol. The van der Waals surface area contributed by atoms with Crippen molar-refractivity contribution < 1.29 is 28.6 Å². The summed E-state index contributed by atoms with van der Waals surface area (Å²) in [7, 11) is 0. The number of esters is 3. The predicted molar refractivity (Wildman–Crippen MR) is 325 cm³/mol. The van der Waals surface area contributed by atoms with Gasteiger partial charge in [-0.25, -0.2) is 0 Å². The molecule has 6 heteroatoms. The Kier molecular flexibility index (Phi) is 58.4. The summed E-state index contributed by atoms with van der Waals surface area (Å²) in [4.78, 5) is 38.3. The van der Waals surface area contributed by atoms with Crippen LogP contribution in [0.15, 0.2) is 134 Å². The molecule has 0 radical (unpaired) electrons. The molecule has 0 heterocycles. The van der Waals surface area contributed by atoms with Gasteiger partial charge >= 0.3 is 17.9 Å². The lowest BCUT2D eigenvalue weighted by molar-refractivity contribution is -0.167. The molecule has 0 aliphatic carbocycles. The molecule has 0 saturated heterocycles. The zero-order valence-corrected chi connectivity index (χ0v) is 48.5. The zero-order chi connectivity index (χ0) is 54.3. The van der Waals surface area contributed by atoms with E-state index in [9.17, 15) is 14.4 Å². The Balaban J connectivity index is 4.47. The second-order valence-electron chi connectivity index (χ2n) is 19.9. The fourth-order valence-electron chi connectivity index (χ4n) is 8.12. The molecule has 424 valence electrons. The normalized spacial score (nSPS) is 13.1. The van der Waals surface area contributed by atoms with E-state index in [-0.39, 0.29) is 37.5 Å². The lowest BCUT2D eigenvalue weighted by atomic mass is 10.0. The monoisotopic (exact) mass is 1040 g/mol. The SMILES string of the molecule is CC/C=C\C/C=C\C/C=C\C/C=C\C/C=C\C/C=C\CCCCC(=O)OC(COC(=O)CCCCCCCCC/C=C\C/C=C\C/C=C\C/C=C\C/C=C\CC)COC(=O)CCCCCCCCCCCCCCC. The highest BCUT2D eigenvalue weighted by Crippen LogP contribution is 2.15. The van der Waals surface area contributed by atoms with Crippen LogP contribution in [0.2, 0.25) is 0 Å². The Labute approximate surface area is 462 Å². The van der Waals surface area contributed by atoms with E-state index < -0.39 is 6.10 Å². The number of ether oxygens (including phenoxy) is 3. The molecule has 0 aliphatic heterocycles. The molecule has 0 rings (SSSR count). The fourth-order valence-corrected chi connectivity index (χ4v) is 8.12. The Morgan fingerprint density at radius 3 is 0.840 bits per heavy atom. The maximum atomic E-state index is 12.9. The summed E-state index contributed by atoms with van der Waals surface area (Å²) in [5.74, 6) is -0.956. The summed E-state index contributed by atoms with van der Waals surface area (Å²) < 4.78 is 16.9. The van der Waals surface area contributed by atoms with Gasteiger partial charge < -0.3 is 14.2 Å². The Bertz CT molecular complexity index is 1620. The third-order valence-electron chi connectivity index (χ3n) is 12.7. The Hall–Kier alpha value is -4.45. The van der Waals surface area contributed by atoms with Crippen LogP contribution >= 0.6 is 0 Å². The van der Waals surface area contributed by atoms with Gasteiger partial charge in [-0.05, 0) is 116 Å². The van der Waals surface area contributed by atoms with E-state index in [2.05, 4.69) is 154 Å². The molecule has 75 heavy (non-hydrogen) atoms. The van der Waals surface area contributed by atoms with E-state index in [1.807, 2.05) is 0 Å². The van der Waals surface area contributed by atoms with Gasteiger partial charge in [-0.2, -0.15) is 0 Å². The highest BCUT2D eigenvalue weighted by atomic mass is 16.6. The Morgan fingerprint density at radius 1 is 0.280 bits per heavy atom. The minimum atomic E-state index is -0.810. The summed E-state index contributed by atoms with van der Waals surface area (Å²) >= 11 is 0. The fraction of sp³-hybridized carbons (Fsp3) is 0.638. The van der Waals surface area contributed by atoms with Crippen LogP contribution in [0.3, 0.4) is 0 Å². The summed E-state index contributed by atoms with van der Waals surface area (Å²) in [5.41, 5.74) is 0. The average Bonchev–Trinajstić information content (AvgIpc) is 3.41. The predicted octanol–water partition coefficient (Wildman–Crippen LogP) is 21.0. The van der Waals surface area contributed by atoms with Crippen molar-refractivity contribution in [3.63, 3.8) is 0 Å². The second kappa shape index (κ2) is 62.1. The van der Waals surface area contributed by atoms with Gasteiger partial charge in [0.05, 0.1) is 0 Å². The van der Waals surface area contributed by atoms with Crippen molar-refractivity contribution in [2.24, 2.45) is 0 Å². The van der Waals surface area contributed by atoms with Gasteiger partial charge in [0.25, 0.3) is 0 Å². The van der Waals surface area contributed by atoms with Crippen LogP contribution in [0, 0.1) is 0 Å². The van der Waals surface area contributed by atoms with E-state index >= 15 is 0 Å². The lowest BCUT2D eigenvalue weighted by Crippen LogP contribution is -2.30. The van der Waals surface area contributed by atoms with Crippen molar-refractivity contribution in [1.29, 1.82) is 0 Å². The topological polar surface area (TPSA) is 78.9 Å². The third-order valence-corrected chi connectivity index (χ3v) is 12.7. The number of allylic oxidation sites excluding steroid dienone is 22. The van der Waals surface area contributed by atoms with Crippen molar-refractivity contribution in [2.75, 3.05) is 13.2 Å². The molecule has 0 aromatic heterocycles. The molecule has 0 saturated carbocycles. The molecule has 0 N–H and O–H groups in total. The number of carbonyl (C=O) groups is 3. The minimum Gasteiger partial charge on any atom is -0.462 e. The quantitative estimate of drug-likeness (QED) is 0.0261. The summed E-state index contributed by atoms with van der Waals surface area (Å²) in [6.07, 6.45) is 87.3. The van der Waals surface area contributed by atoms with Gasteiger partial charge in [0.15, 0.2) is 6.10 Å². The van der Waals surface area contributed by atoms with Crippen LogP contribution in [0.25, 0.3) is 0 Å². The van der Waals surface area contributed by atoms with Gasteiger partial charge in [-0.15, -0.1) is 0 Å². The summed E-state index contributed by atoms with van der Waals surface area (Å²) in [6.45, 7) is 6.37. The molecule has 0 spiro atoms. The smallest absolute Gasteiger partial charge is 0.306 e. The van der Waals surface area contributed by atoms with Crippen LogP contribution < -0.4 is 0 Å². The second-order valence-corrected chi connectivity index (χ2v) is 19.9. The van der Waals surface area contributed by atoms with Crippen LogP contribution in [-0.2, 0) is 28.6 Å². The van der Waals surface area contributed by atoms with Crippen molar-refractivity contribution in [2.45, 2.75) is 271 Å². The summed E-state index contributed by atoms with van der Waals surface area (Å²) in [5, 5.41) is 0. The molecule has 0 aromatic rings. The molecule has 0 amide bonds. The molecular formula is C69H112O6. The van der Waals surface area contributed by atoms with E-state index in [1.165, 1.54) is 89.9 Å². The third kappa shape index (κ3) is 60.3. The highest BCUT2D eigenvalue weighted by molar-refractivity contribution is 5.71. The van der Waals surface area contributed by atoms with Gasteiger partial charge in [0, 0.05) is 19.3 Å². The molecule has 0 aliphatic rings. The minimum absolute atomic E-state index is 0.101. The zero-order valence-electron chi connectivity index (χ0n) is 48.5. The first kappa shape index (κ1) is 70.5. The van der Waals surface area contributed by atoms with Crippen molar-refractivity contribution in [1.82, 2.24) is 0 Å². The molecule has 1 atom stereocenters. The standard InChI is InChI=1S/C69H112O6/c1-4-7-10-13-16-19-22-25-27-29-31-33-34-36-37-39-41-44-47-50-53-56-59-62-68(71)74-65-66(64-73-67(70)61-58-55-52-49-46-43-24-21-18-15-12-9-6-3)75-69(72)63-60-57-54-51-48-45-42-40-38-35-32-30-28-26-23-20-17-14-11-8-5-2/h7-8,10-11,16-17,19-20,25-28,31-33,35-37,40,42,48,51,66H,4-6,9,12-15,18,21-24,29-30,34,38-39,41,43-47,49-50,52-65H2,1-3H3/b10-7-,11-8-,19-16-,20-17-,27-25-,28-26-,33-31-,35-32-,37-36-,42-40-,51-48-. The van der Waals surface area contributed by atoms with E-state index in [4.69, 9.17) is 14.2 Å². The molecule has 1 unspecified atom stereocenters. The summed E-state index contributed by atoms with van der Waals surface area (Å²) in [6, 6.07) is 0. The number of unbranched alkanes of at least 4 members (excludes halogenated alkanes) is 21.